The summed E-state index contributed by atoms with van der Waals surface area (Å²) in [5.41, 5.74) is -1.00. The van der Waals surface area contributed by atoms with Gasteiger partial charge in [-0.15, -0.1) is 0 Å². The van der Waals surface area contributed by atoms with Crippen LogP contribution in [0.3, 0.4) is 0 Å². The van der Waals surface area contributed by atoms with Crippen LogP contribution in [0.1, 0.15) is 32.6 Å². The number of rotatable bonds is 4. The van der Waals surface area contributed by atoms with Gasteiger partial charge in [-0.05, 0) is 37.0 Å². The van der Waals surface area contributed by atoms with E-state index in [1.165, 1.54) is 0 Å². The fourth-order valence-electron chi connectivity index (χ4n) is 2.95. The minimum absolute atomic E-state index is 0.256. The maximum Gasteiger partial charge on any atom is 0.244 e. The number of aliphatic hydroxyl groups is 1. The first-order valence-electron chi connectivity index (χ1n) is 6.88. The van der Waals surface area contributed by atoms with E-state index in [-0.39, 0.29) is 12.5 Å². The Morgan fingerprint density at radius 3 is 2.76 bits per heavy atom. The van der Waals surface area contributed by atoms with Crippen LogP contribution in [0, 0.1) is 17.6 Å². The fourth-order valence-corrected chi connectivity index (χ4v) is 4.47. The summed E-state index contributed by atoms with van der Waals surface area (Å²) in [7, 11) is -4.23. The lowest BCUT2D eigenvalue weighted by Gasteiger charge is -2.39. The number of halogens is 2. The minimum Gasteiger partial charge on any atom is -0.394 e. The van der Waals surface area contributed by atoms with Crippen molar-refractivity contribution in [3.05, 3.63) is 29.8 Å². The maximum atomic E-state index is 13.7. The maximum absolute atomic E-state index is 13.7. The highest BCUT2D eigenvalue weighted by atomic mass is 32.2. The number of hydrogen-bond acceptors (Lipinski definition) is 3. The predicted octanol–water partition coefficient (Wildman–Crippen LogP) is 2.18. The summed E-state index contributed by atoms with van der Waals surface area (Å²) in [6.45, 7) is 1.61. The second kappa shape index (κ2) is 5.98. The van der Waals surface area contributed by atoms with Gasteiger partial charge in [-0.2, -0.15) is 0 Å². The summed E-state index contributed by atoms with van der Waals surface area (Å²) >= 11 is 0. The van der Waals surface area contributed by atoms with Gasteiger partial charge in [0, 0.05) is 0 Å². The van der Waals surface area contributed by atoms with Crippen molar-refractivity contribution in [2.45, 2.75) is 43.0 Å². The Balaban J connectivity index is 2.33. The highest BCUT2D eigenvalue weighted by molar-refractivity contribution is 7.89. The molecule has 2 unspecified atom stereocenters. The summed E-state index contributed by atoms with van der Waals surface area (Å²) in [4.78, 5) is -0.728. The van der Waals surface area contributed by atoms with Crippen LogP contribution in [-0.2, 0) is 10.0 Å². The second-order valence-electron chi connectivity index (χ2n) is 5.82. The molecule has 1 aliphatic rings. The lowest BCUT2D eigenvalue weighted by atomic mass is 9.78. The van der Waals surface area contributed by atoms with E-state index in [1.54, 1.807) is 0 Å². The minimum atomic E-state index is -4.23. The van der Waals surface area contributed by atoms with Crippen molar-refractivity contribution in [2.24, 2.45) is 5.92 Å². The zero-order valence-electron chi connectivity index (χ0n) is 11.8. The van der Waals surface area contributed by atoms with Crippen molar-refractivity contribution in [3.8, 4) is 0 Å². The molecule has 2 atom stereocenters. The Morgan fingerprint density at radius 2 is 2.14 bits per heavy atom. The van der Waals surface area contributed by atoms with Crippen LogP contribution in [0.4, 0.5) is 8.78 Å². The summed E-state index contributed by atoms with van der Waals surface area (Å²) in [5.74, 6) is -1.58. The number of hydrogen-bond donors (Lipinski definition) is 2. The van der Waals surface area contributed by atoms with Crippen LogP contribution in [0.15, 0.2) is 23.1 Å². The monoisotopic (exact) mass is 319 g/mol. The van der Waals surface area contributed by atoms with Crippen molar-refractivity contribution in [1.29, 1.82) is 0 Å². The Morgan fingerprint density at radius 1 is 1.43 bits per heavy atom. The molecule has 1 aliphatic carbocycles. The molecule has 0 saturated heterocycles. The molecule has 7 heteroatoms. The van der Waals surface area contributed by atoms with Crippen LogP contribution < -0.4 is 4.72 Å². The number of nitrogens with one attached hydrogen (secondary N) is 1. The van der Waals surface area contributed by atoms with E-state index in [0.29, 0.717) is 18.9 Å². The first-order chi connectivity index (χ1) is 9.78. The van der Waals surface area contributed by atoms with Gasteiger partial charge in [0.05, 0.1) is 12.1 Å². The molecule has 0 aliphatic heterocycles. The molecular formula is C14H19F2NO3S. The molecule has 0 radical (unpaired) electrons. The summed E-state index contributed by atoms with van der Waals surface area (Å²) in [6, 6.07) is 2.28. The Bertz CT molecular complexity index is 621. The van der Waals surface area contributed by atoms with Crippen molar-refractivity contribution in [3.63, 3.8) is 0 Å². The number of aliphatic hydroxyl groups excluding tert-OH is 1. The smallest absolute Gasteiger partial charge is 0.244 e. The molecule has 4 nitrogen and oxygen atoms in total. The van der Waals surface area contributed by atoms with E-state index in [9.17, 15) is 22.3 Å². The van der Waals surface area contributed by atoms with Gasteiger partial charge in [-0.25, -0.2) is 21.9 Å². The van der Waals surface area contributed by atoms with Crippen LogP contribution >= 0.6 is 0 Å². The highest BCUT2D eigenvalue weighted by Gasteiger charge is 2.39. The lowest BCUT2D eigenvalue weighted by molar-refractivity contribution is 0.119. The SMILES string of the molecule is CC1CCCC(CO)(NS(=O)(=O)c2cc(F)ccc2F)C1. The van der Waals surface area contributed by atoms with Crippen LogP contribution in [0.5, 0.6) is 0 Å². The first kappa shape index (κ1) is 16.3. The summed E-state index contributed by atoms with van der Waals surface area (Å²) in [6.07, 6.45) is 2.68. The van der Waals surface area contributed by atoms with E-state index >= 15 is 0 Å². The lowest BCUT2D eigenvalue weighted by Crippen LogP contribution is -2.53. The molecule has 118 valence electrons. The molecule has 21 heavy (non-hydrogen) atoms. The van der Waals surface area contributed by atoms with Gasteiger partial charge in [-0.1, -0.05) is 19.8 Å². The predicted molar refractivity (Wildman–Crippen MR) is 74.1 cm³/mol. The third kappa shape index (κ3) is 3.59. The van der Waals surface area contributed by atoms with Crippen molar-refractivity contribution < 1.29 is 22.3 Å². The average molecular weight is 319 g/mol. The van der Waals surface area contributed by atoms with Crippen LogP contribution in [0.2, 0.25) is 0 Å². The normalized spacial score (nSPS) is 26.8. The molecule has 1 fully saturated rings. The van der Waals surface area contributed by atoms with E-state index in [2.05, 4.69) is 4.72 Å². The van der Waals surface area contributed by atoms with E-state index in [1.807, 2.05) is 6.92 Å². The summed E-state index contributed by atoms with van der Waals surface area (Å²) < 4.78 is 53.9. The third-order valence-electron chi connectivity index (χ3n) is 3.93. The van der Waals surface area contributed by atoms with Crippen molar-refractivity contribution in [2.75, 3.05) is 6.61 Å². The van der Waals surface area contributed by atoms with Gasteiger partial charge in [0.1, 0.15) is 16.5 Å². The molecular weight excluding hydrogens is 300 g/mol. The second-order valence-corrected chi connectivity index (χ2v) is 7.47. The average Bonchev–Trinajstić information content (AvgIpc) is 2.41. The molecule has 2 N–H and O–H groups in total. The zero-order valence-corrected chi connectivity index (χ0v) is 12.6. The molecule has 1 aromatic carbocycles. The van der Waals surface area contributed by atoms with E-state index in [0.717, 1.165) is 25.0 Å². The standard InChI is InChI=1S/C14H19F2NO3S/c1-10-3-2-6-14(8-10,9-18)17-21(19,20)13-7-11(15)4-5-12(13)16/h4-5,7,10,17-18H,2-3,6,8-9H2,1H3. The van der Waals surface area contributed by atoms with Gasteiger partial charge in [0.25, 0.3) is 0 Å². The molecule has 0 amide bonds. The van der Waals surface area contributed by atoms with Gasteiger partial charge in [-0.3, -0.25) is 0 Å². The summed E-state index contributed by atoms with van der Waals surface area (Å²) in [5, 5.41) is 9.60. The van der Waals surface area contributed by atoms with E-state index < -0.39 is 32.1 Å². The van der Waals surface area contributed by atoms with Crippen molar-refractivity contribution in [1.82, 2.24) is 4.72 Å². The van der Waals surface area contributed by atoms with Gasteiger partial charge in [0.15, 0.2) is 0 Å². The van der Waals surface area contributed by atoms with Crippen molar-refractivity contribution >= 4 is 10.0 Å². The Kier molecular flexibility index (Phi) is 4.65. The quantitative estimate of drug-likeness (QED) is 0.894. The first-order valence-corrected chi connectivity index (χ1v) is 8.36. The third-order valence-corrected chi connectivity index (χ3v) is 5.52. The number of benzene rings is 1. The topological polar surface area (TPSA) is 66.4 Å². The van der Waals surface area contributed by atoms with Crippen LogP contribution in [-0.4, -0.2) is 25.7 Å². The molecule has 0 heterocycles. The van der Waals surface area contributed by atoms with Gasteiger partial charge >= 0.3 is 0 Å². The highest BCUT2D eigenvalue weighted by Crippen LogP contribution is 2.33. The molecule has 0 bridgehead atoms. The van der Waals surface area contributed by atoms with Crippen LogP contribution in [0.25, 0.3) is 0 Å². The van der Waals surface area contributed by atoms with Gasteiger partial charge in [0.2, 0.25) is 10.0 Å². The molecule has 0 aromatic heterocycles. The van der Waals surface area contributed by atoms with E-state index in [4.69, 9.17) is 0 Å². The largest absolute Gasteiger partial charge is 0.394 e. The molecule has 1 saturated carbocycles. The fraction of sp³-hybridized carbons (Fsp3) is 0.571. The number of sulfonamides is 1. The Labute approximate surface area is 123 Å². The molecule has 0 spiro atoms. The molecule has 2 rings (SSSR count). The molecule has 1 aromatic rings. The van der Waals surface area contributed by atoms with Gasteiger partial charge < -0.3 is 5.11 Å². The Hall–Kier alpha value is -1.05. The zero-order chi connectivity index (χ0) is 15.7.